The van der Waals surface area contributed by atoms with Gasteiger partial charge in [-0.25, -0.2) is 4.79 Å². The van der Waals surface area contributed by atoms with Gasteiger partial charge < -0.3 is 24.4 Å². The second-order valence-corrected chi connectivity index (χ2v) is 10.5. The number of nitrogens with zero attached hydrogens (tertiary/aromatic N) is 3. The number of cyclic esters (lactones) is 1. The fourth-order valence-corrected chi connectivity index (χ4v) is 6.24. The van der Waals surface area contributed by atoms with Crippen molar-refractivity contribution in [1.29, 1.82) is 0 Å². The van der Waals surface area contributed by atoms with Gasteiger partial charge in [-0.1, -0.05) is 17.7 Å². The molecule has 9 nitrogen and oxygen atoms in total. The summed E-state index contributed by atoms with van der Waals surface area (Å²) in [6, 6.07) is 5.65. The van der Waals surface area contributed by atoms with Crippen molar-refractivity contribution >= 4 is 52.9 Å². The van der Waals surface area contributed by atoms with Crippen molar-refractivity contribution in [2.24, 2.45) is 4.99 Å². The van der Waals surface area contributed by atoms with Gasteiger partial charge in [-0.2, -0.15) is 0 Å². The fourth-order valence-electron chi connectivity index (χ4n) is 4.78. The maximum Gasteiger partial charge on any atom is 0.412 e. The molecule has 2 saturated heterocycles. The number of allylic oxidation sites excluding steroid dienone is 1. The van der Waals surface area contributed by atoms with E-state index in [1.54, 1.807) is 0 Å². The van der Waals surface area contributed by atoms with Gasteiger partial charge >= 0.3 is 6.09 Å². The van der Waals surface area contributed by atoms with Gasteiger partial charge in [-0.15, -0.1) is 11.3 Å². The van der Waals surface area contributed by atoms with E-state index >= 15 is 0 Å². The van der Waals surface area contributed by atoms with E-state index in [4.69, 9.17) is 25.8 Å². The molecule has 1 aromatic carbocycles. The van der Waals surface area contributed by atoms with Crippen LogP contribution < -0.4 is 10.1 Å². The number of aliphatic imine (C=N–C) groups is 1. The SMILES string of the molecule is C=Nc1cc(CN2COCCOC2=O)sc1/C(=C\C)c1cc(Cl)cc2c1O[C@@H](C(=O)N1CCNCC1)C2. The molecule has 1 N–H and O–H groups in total. The van der Waals surface area contributed by atoms with Gasteiger partial charge in [0.25, 0.3) is 5.91 Å². The van der Waals surface area contributed by atoms with Crippen LogP contribution in [0.1, 0.15) is 27.8 Å². The van der Waals surface area contributed by atoms with Gasteiger partial charge in [0.05, 0.1) is 23.7 Å². The Morgan fingerprint density at radius 1 is 1.30 bits per heavy atom. The van der Waals surface area contributed by atoms with Crippen LogP contribution in [0.4, 0.5) is 10.5 Å². The van der Waals surface area contributed by atoms with Crippen molar-refractivity contribution in [3.63, 3.8) is 0 Å². The number of hydrogen-bond acceptors (Lipinski definition) is 8. The van der Waals surface area contributed by atoms with Crippen molar-refractivity contribution in [2.75, 3.05) is 46.1 Å². The molecular weight excluding hydrogens is 516 g/mol. The lowest BCUT2D eigenvalue weighted by molar-refractivity contribution is -0.138. The fraction of sp³-hybridized carbons (Fsp3) is 0.423. The Balaban J connectivity index is 1.43. The average molecular weight is 545 g/mol. The standard InChI is InChI=1S/C26H29ClN4O5S/c1-3-19(24-21(28-2)13-18(37-24)14-31-15-34-8-9-35-26(31)33)20-12-17(27)10-16-11-22(36-23(16)20)25(32)30-6-4-29-5-7-30/h3,10,12-13,22,29H,2,4-9,11,14-15H2,1H3/b19-3-/t22-/m1/s1. The molecular formula is C26H29ClN4O5S. The Labute approximate surface area is 224 Å². The van der Waals surface area contributed by atoms with Crippen LogP contribution in [-0.4, -0.2) is 80.7 Å². The summed E-state index contributed by atoms with van der Waals surface area (Å²) >= 11 is 8.05. The van der Waals surface area contributed by atoms with E-state index in [2.05, 4.69) is 17.0 Å². The number of halogens is 1. The Morgan fingerprint density at radius 3 is 2.86 bits per heavy atom. The van der Waals surface area contributed by atoms with Crippen molar-refractivity contribution in [3.05, 3.63) is 50.2 Å². The van der Waals surface area contributed by atoms with E-state index in [1.807, 2.05) is 36.1 Å². The molecule has 0 spiro atoms. The van der Waals surface area contributed by atoms with E-state index in [0.717, 1.165) is 39.5 Å². The summed E-state index contributed by atoms with van der Waals surface area (Å²) in [6.07, 6.45) is 1.47. The van der Waals surface area contributed by atoms with Crippen LogP contribution >= 0.6 is 22.9 Å². The van der Waals surface area contributed by atoms with E-state index < -0.39 is 12.2 Å². The lowest BCUT2D eigenvalue weighted by Gasteiger charge is -2.29. The molecule has 0 radical (unpaired) electrons. The second kappa shape index (κ2) is 11.2. The van der Waals surface area contributed by atoms with Gasteiger partial charge in [0.1, 0.15) is 19.1 Å². The number of piperazine rings is 1. The summed E-state index contributed by atoms with van der Waals surface area (Å²) in [5.41, 5.74) is 3.28. The number of carbonyl (C=O) groups is 2. The first kappa shape index (κ1) is 25.7. The number of ether oxygens (including phenoxy) is 3. The maximum atomic E-state index is 13.2. The van der Waals surface area contributed by atoms with Crippen molar-refractivity contribution in [2.45, 2.75) is 26.0 Å². The molecule has 2 amide bonds. The predicted octanol–water partition coefficient (Wildman–Crippen LogP) is 3.85. The van der Waals surface area contributed by atoms with Crippen molar-refractivity contribution < 1.29 is 23.8 Å². The van der Waals surface area contributed by atoms with Gasteiger partial charge in [0, 0.05) is 59.2 Å². The van der Waals surface area contributed by atoms with Gasteiger partial charge in [0.2, 0.25) is 0 Å². The summed E-state index contributed by atoms with van der Waals surface area (Å²) in [6.45, 7) is 9.71. The van der Waals surface area contributed by atoms with Crippen LogP contribution in [-0.2, 0) is 27.2 Å². The first-order valence-corrected chi connectivity index (χ1v) is 13.4. The zero-order valence-corrected chi connectivity index (χ0v) is 22.2. The molecule has 0 saturated carbocycles. The Hall–Kier alpha value is -2.92. The number of fused-ring (bicyclic) bond motifs is 1. The Morgan fingerprint density at radius 2 is 2.11 bits per heavy atom. The van der Waals surface area contributed by atoms with E-state index in [1.165, 1.54) is 16.2 Å². The minimum absolute atomic E-state index is 0.000197. The second-order valence-electron chi connectivity index (χ2n) is 8.96. The highest BCUT2D eigenvalue weighted by molar-refractivity contribution is 7.13. The normalized spacial score (nSPS) is 20.2. The molecule has 5 rings (SSSR count). The molecule has 37 heavy (non-hydrogen) atoms. The molecule has 1 atom stereocenters. The monoisotopic (exact) mass is 544 g/mol. The highest BCUT2D eigenvalue weighted by Crippen LogP contribution is 2.45. The maximum absolute atomic E-state index is 13.2. The molecule has 0 aliphatic carbocycles. The lowest BCUT2D eigenvalue weighted by atomic mass is 9.98. The van der Waals surface area contributed by atoms with Crippen LogP contribution in [0.15, 0.2) is 29.3 Å². The van der Waals surface area contributed by atoms with Crippen LogP contribution in [0.5, 0.6) is 5.75 Å². The van der Waals surface area contributed by atoms with E-state index in [9.17, 15) is 9.59 Å². The van der Waals surface area contributed by atoms with E-state index in [0.29, 0.717) is 49.1 Å². The zero-order valence-electron chi connectivity index (χ0n) is 20.6. The molecule has 2 aromatic rings. The number of carbonyl (C=O) groups excluding carboxylic acids is 2. The van der Waals surface area contributed by atoms with Crippen LogP contribution in [0.2, 0.25) is 5.02 Å². The number of rotatable bonds is 6. The van der Waals surface area contributed by atoms with Crippen LogP contribution in [0, 0.1) is 0 Å². The third kappa shape index (κ3) is 5.38. The van der Waals surface area contributed by atoms with E-state index in [-0.39, 0.29) is 19.2 Å². The number of nitrogens with one attached hydrogen (secondary N) is 1. The van der Waals surface area contributed by atoms with Crippen LogP contribution in [0.3, 0.4) is 0 Å². The molecule has 2 fully saturated rings. The van der Waals surface area contributed by atoms with Gasteiger partial charge in [-0.05, 0) is 31.8 Å². The predicted molar refractivity (Wildman–Crippen MR) is 143 cm³/mol. The topological polar surface area (TPSA) is 92.7 Å². The van der Waals surface area contributed by atoms with Gasteiger partial charge in [-0.3, -0.25) is 14.7 Å². The molecule has 1 aromatic heterocycles. The summed E-state index contributed by atoms with van der Waals surface area (Å²) in [5.74, 6) is 0.667. The first-order chi connectivity index (χ1) is 18.0. The smallest absolute Gasteiger partial charge is 0.412 e. The number of hydrogen-bond donors (Lipinski definition) is 1. The molecule has 3 aliphatic heterocycles. The third-order valence-electron chi connectivity index (χ3n) is 6.56. The highest BCUT2D eigenvalue weighted by Gasteiger charge is 2.35. The molecule has 0 unspecified atom stereocenters. The number of benzene rings is 1. The third-order valence-corrected chi connectivity index (χ3v) is 7.92. The largest absolute Gasteiger partial charge is 0.479 e. The first-order valence-electron chi connectivity index (χ1n) is 12.2. The number of amides is 2. The molecule has 4 heterocycles. The minimum atomic E-state index is -0.576. The zero-order chi connectivity index (χ0) is 25.9. The Bertz CT molecular complexity index is 1240. The summed E-state index contributed by atoms with van der Waals surface area (Å²) in [5, 5.41) is 3.84. The van der Waals surface area contributed by atoms with Gasteiger partial charge in [0.15, 0.2) is 6.10 Å². The highest BCUT2D eigenvalue weighted by atomic mass is 35.5. The minimum Gasteiger partial charge on any atom is -0.479 e. The average Bonchev–Trinajstić information content (AvgIpc) is 3.46. The van der Waals surface area contributed by atoms with Crippen LogP contribution in [0.25, 0.3) is 5.57 Å². The lowest BCUT2D eigenvalue weighted by Crippen LogP contribution is -2.50. The summed E-state index contributed by atoms with van der Waals surface area (Å²) in [4.78, 5) is 34.8. The van der Waals surface area contributed by atoms with Crippen molar-refractivity contribution in [3.8, 4) is 5.75 Å². The summed E-state index contributed by atoms with van der Waals surface area (Å²) < 4.78 is 16.9. The summed E-state index contributed by atoms with van der Waals surface area (Å²) in [7, 11) is 0. The molecule has 196 valence electrons. The van der Waals surface area contributed by atoms with Crippen molar-refractivity contribution in [1.82, 2.24) is 15.1 Å². The molecule has 0 bridgehead atoms. The number of thiophene rings is 1. The Kier molecular flexibility index (Phi) is 7.80. The quantitative estimate of drug-likeness (QED) is 0.555. The molecule has 3 aliphatic rings. The molecule has 11 heteroatoms.